The Labute approximate surface area is 105 Å². The third-order valence-corrected chi connectivity index (χ3v) is 2.90. The van der Waals surface area contributed by atoms with Crippen LogP contribution < -0.4 is 10.7 Å². The van der Waals surface area contributed by atoms with E-state index >= 15 is 0 Å². The Bertz CT molecular complexity index is 555. The summed E-state index contributed by atoms with van der Waals surface area (Å²) in [5.41, 5.74) is 0.291. The lowest BCUT2D eigenvalue weighted by Gasteiger charge is -2.03. The molecule has 0 atom stereocenters. The summed E-state index contributed by atoms with van der Waals surface area (Å²) < 4.78 is 7.46. The van der Waals surface area contributed by atoms with Gasteiger partial charge in [-0.15, -0.1) is 0 Å². The Hall–Kier alpha value is -1.17. The fourth-order valence-electron chi connectivity index (χ4n) is 1.03. The van der Waals surface area contributed by atoms with E-state index in [1.807, 2.05) is 0 Å². The summed E-state index contributed by atoms with van der Waals surface area (Å²) >= 11 is 12.2. The van der Waals surface area contributed by atoms with E-state index in [1.54, 1.807) is 24.3 Å². The van der Waals surface area contributed by atoms with E-state index in [0.29, 0.717) is 10.7 Å². The number of benzene rings is 1. The van der Waals surface area contributed by atoms with Crippen LogP contribution in [0.1, 0.15) is 0 Å². The molecule has 1 aromatic carbocycles. The maximum atomic E-state index is 11.5. The van der Waals surface area contributed by atoms with Crippen molar-refractivity contribution in [2.75, 3.05) is 5.32 Å². The van der Waals surface area contributed by atoms with Crippen LogP contribution >= 0.6 is 34.9 Å². The van der Waals surface area contributed by atoms with Crippen LogP contribution in [0.25, 0.3) is 0 Å². The molecule has 0 aliphatic heterocycles. The fraction of sp³-hybridized carbons (Fsp3) is 0. The smallest absolute Gasteiger partial charge is 0.260 e. The number of hydrogen-bond acceptors (Lipinski definition) is 5. The molecule has 7 heteroatoms. The lowest BCUT2D eigenvalue weighted by molar-refractivity contribution is 1.33. The second-order valence-corrected chi connectivity index (χ2v) is 4.19. The van der Waals surface area contributed by atoms with Gasteiger partial charge in [-0.05, 0) is 24.3 Å². The molecule has 1 N–H and O–H groups in total. The summed E-state index contributed by atoms with van der Waals surface area (Å²) in [4.78, 5) is 11.5. The predicted octanol–water partition coefficient (Wildman–Crippen LogP) is 2.95. The number of nitrogens with one attached hydrogen (secondary N) is 1. The highest BCUT2D eigenvalue weighted by atomic mass is 35.5. The summed E-state index contributed by atoms with van der Waals surface area (Å²) in [7, 11) is 0. The summed E-state index contributed by atoms with van der Waals surface area (Å²) in [6.07, 6.45) is 0. The number of rotatable bonds is 2. The van der Waals surface area contributed by atoms with E-state index in [-0.39, 0.29) is 11.0 Å². The molecule has 0 fully saturated rings. The van der Waals surface area contributed by atoms with Crippen LogP contribution in [-0.4, -0.2) is 8.75 Å². The van der Waals surface area contributed by atoms with Crippen molar-refractivity contribution in [3.63, 3.8) is 0 Å². The zero-order chi connectivity index (χ0) is 11.5. The van der Waals surface area contributed by atoms with Gasteiger partial charge in [0.2, 0.25) is 0 Å². The van der Waals surface area contributed by atoms with Crippen molar-refractivity contribution in [1.82, 2.24) is 8.75 Å². The summed E-state index contributed by atoms with van der Waals surface area (Å²) in [5, 5.41) is 3.38. The number of hydrogen-bond donors (Lipinski definition) is 1. The van der Waals surface area contributed by atoms with Crippen LogP contribution in [0, 0.1) is 0 Å². The van der Waals surface area contributed by atoms with Crippen molar-refractivity contribution in [3.8, 4) is 0 Å². The largest absolute Gasteiger partial charge is 0.336 e. The molecule has 0 bridgehead atoms. The number of aromatic nitrogens is 2. The molecule has 0 saturated heterocycles. The van der Waals surface area contributed by atoms with Gasteiger partial charge in [-0.2, -0.15) is 8.75 Å². The molecule has 0 radical (unpaired) electrons. The molecule has 0 spiro atoms. The van der Waals surface area contributed by atoms with Crippen molar-refractivity contribution in [1.29, 1.82) is 0 Å². The highest BCUT2D eigenvalue weighted by Gasteiger charge is 2.06. The first-order valence-corrected chi connectivity index (χ1v) is 5.70. The van der Waals surface area contributed by atoms with Gasteiger partial charge in [0.1, 0.15) is 0 Å². The van der Waals surface area contributed by atoms with Crippen LogP contribution in [0.2, 0.25) is 10.2 Å². The van der Waals surface area contributed by atoms with E-state index in [1.165, 1.54) is 0 Å². The second-order valence-electron chi connectivity index (χ2n) is 2.86. The topological polar surface area (TPSA) is 54.9 Å². The maximum absolute atomic E-state index is 11.5. The third-order valence-electron chi connectivity index (χ3n) is 1.76. The summed E-state index contributed by atoms with van der Waals surface area (Å²) in [6.45, 7) is 0. The van der Waals surface area contributed by atoms with Crippen LogP contribution in [0.3, 0.4) is 0 Å². The minimum Gasteiger partial charge on any atom is -0.336 e. The highest BCUT2D eigenvalue weighted by molar-refractivity contribution is 6.99. The molecule has 1 heterocycles. The van der Waals surface area contributed by atoms with E-state index < -0.39 is 5.43 Å². The van der Waals surface area contributed by atoms with Gasteiger partial charge >= 0.3 is 0 Å². The number of anilines is 2. The molecule has 0 aliphatic rings. The average molecular weight is 274 g/mol. The van der Waals surface area contributed by atoms with Gasteiger partial charge in [0.25, 0.3) is 5.43 Å². The van der Waals surface area contributed by atoms with Gasteiger partial charge in [-0.25, -0.2) is 0 Å². The monoisotopic (exact) mass is 273 g/mol. The summed E-state index contributed by atoms with van der Waals surface area (Å²) in [6, 6.07) is 6.89. The molecule has 0 aliphatic carbocycles. The van der Waals surface area contributed by atoms with Crippen LogP contribution in [-0.2, 0) is 0 Å². The zero-order valence-corrected chi connectivity index (χ0v) is 10.1. The molecule has 0 unspecified atom stereocenters. The SMILES string of the molecule is O=c1c(Cl)nsnc1Nc1ccc(Cl)cc1. The van der Waals surface area contributed by atoms with Crippen molar-refractivity contribution >= 4 is 46.4 Å². The molecule has 2 rings (SSSR count). The predicted molar refractivity (Wildman–Crippen MR) is 65.9 cm³/mol. The maximum Gasteiger partial charge on any atom is 0.260 e. The molecule has 1 aromatic heterocycles. The van der Waals surface area contributed by atoms with Crippen molar-refractivity contribution in [2.24, 2.45) is 0 Å². The molecular formula is C9H5Cl2N3OS. The van der Waals surface area contributed by atoms with Crippen LogP contribution in [0.5, 0.6) is 0 Å². The third kappa shape index (κ3) is 2.49. The first-order chi connectivity index (χ1) is 7.66. The molecule has 2 aromatic rings. The van der Waals surface area contributed by atoms with E-state index in [9.17, 15) is 4.79 Å². The van der Waals surface area contributed by atoms with Crippen molar-refractivity contribution in [2.45, 2.75) is 0 Å². The van der Waals surface area contributed by atoms with Gasteiger partial charge in [0, 0.05) is 10.7 Å². The summed E-state index contributed by atoms with van der Waals surface area (Å²) in [5.74, 6) is 0.160. The van der Waals surface area contributed by atoms with Crippen molar-refractivity contribution in [3.05, 3.63) is 44.7 Å². The van der Waals surface area contributed by atoms with Gasteiger partial charge in [0.15, 0.2) is 11.0 Å². The molecular weight excluding hydrogens is 269 g/mol. The van der Waals surface area contributed by atoms with Crippen LogP contribution in [0.4, 0.5) is 11.5 Å². The zero-order valence-electron chi connectivity index (χ0n) is 7.78. The van der Waals surface area contributed by atoms with Gasteiger partial charge in [-0.1, -0.05) is 23.2 Å². The van der Waals surface area contributed by atoms with E-state index in [4.69, 9.17) is 23.2 Å². The lowest BCUT2D eigenvalue weighted by atomic mass is 10.3. The first-order valence-electron chi connectivity index (χ1n) is 4.22. The quantitative estimate of drug-likeness (QED) is 0.914. The Morgan fingerprint density at radius 3 is 2.50 bits per heavy atom. The van der Waals surface area contributed by atoms with Gasteiger partial charge in [0.05, 0.1) is 11.7 Å². The van der Waals surface area contributed by atoms with E-state index in [2.05, 4.69) is 14.1 Å². The Kier molecular flexibility index (Phi) is 3.38. The minimum absolute atomic E-state index is 0.0866. The molecule has 16 heavy (non-hydrogen) atoms. The van der Waals surface area contributed by atoms with Crippen molar-refractivity contribution < 1.29 is 0 Å². The van der Waals surface area contributed by atoms with Crippen LogP contribution in [0.15, 0.2) is 29.1 Å². The minimum atomic E-state index is -0.421. The Balaban J connectivity index is 2.31. The molecule has 0 amide bonds. The highest BCUT2D eigenvalue weighted by Crippen LogP contribution is 2.16. The van der Waals surface area contributed by atoms with Gasteiger partial charge in [-0.3, -0.25) is 4.79 Å². The fourth-order valence-corrected chi connectivity index (χ4v) is 1.74. The first kappa shape index (κ1) is 11.3. The number of nitrogens with zero attached hydrogens (tertiary/aromatic N) is 2. The Morgan fingerprint density at radius 2 is 1.81 bits per heavy atom. The average Bonchev–Trinajstić information content (AvgIpc) is 2.28. The standard InChI is InChI=1S/C9H5Cl2N3OS/c10-5-1-3-6(4-2-5)12-9-7(15)8(11)13-16-14-9/h1-4H,(H,12,14). The van der Waals surface area contributed by atoms with Gasteiger partial charge < -0.3 is 5.32 Å². The molecule has 82 valence electrons. The number of halogens is 2. The molecule has 4 nitrogen and oxygen atoms in total. The van der Waals surface area contributed by atoms with E-state index in [0.717, 1.165) is 11.7 Å². The Morgan fingerprint density at radius 1 is 1.12 bits per heavy atom. The normalized spacial score (nSPS) is 10.1. The molecule has 0 saturated carbocycles. The lowest BCUT2D eigenvalue weighted by Crippen LogP contribution is -2.10. The second kappa shape index (κ2) is 4.78.